The van der Waals surface area contributed by atoms with Crippen molar-refractivity contribution in [3.63, 3.8) is 0 Å². The van der Waals surface area contributed by atoms with E-state index in [0.717, 1.165) is 37.6 Å². The van der Waals surface area contributed by atoms with Crippen LogP contribution in [0, 0.1) is 6.92 Å². The standard InChI is InChI=1S/C14H21N7O/c1-10-15-14(18-17-10)11-4-3-6-21(8-11)9-13(22)16-12-5-7-20(2)19-12/h5,7,11H,3-4,6,8-9H2,1-2H3,(H,15,17,18)(H,16,19,22)/t11-/m0/s1. The second-order valence-corrected chi connectivity index (χ2v) is 5.78. The summed E-state index contributed by atoms with van der Waals surface area (Å²) in [4.78, 5) is 18.7. The van der Waals surface area contributed by atoms with Gasteiger partial charge in [0.2, 0.25) is 5.91 Å². The second-order valence-electron chi connectivity index (χ2n) is 5.78. The van der Waals surface area contributed by atoms with Gasteiger partial charge in [-0.05, 0) is 26.3 Å². The van der Waals surface area contributed by atoms with Crippen molar-refractivity contribution in [2.75, 3.05) is 25.0 Å². The number of rotatable bonds is 4. The van der Waals surface area contributed by atoms with Crippen LogP contribution in [0.4, 0.5) is 5.82 Å². The number of hydrogen-bond acceptors (Lipinski definition) is 5. The summed E-state index contributed by atoms with van der Waals surface area (Å²) in [6.07, 6.45) is 3.92. The highest BCUT2D eigenvalue weighted by Gasteiger charge is 2.25. The quantitative estimate of drug-likeness (QED) is 0.866. The molecule has 0 saturated carbocycles. The zero-order valence-electron chi connectivity index (χ0n) is 12.9. The monoisotopic (exact) mass is 303 g/mol. The van der Waals surface area contributed by atoms with Crippen molar-refractivity contribution in [1.82, 2.24) is 29.9 Å². The Bertz CT molecular complexity index is 647. The van der Waals surface area contributed by atoms with Gasteiger partial charge < -0.3 is 5.32 Å². The predicted octanol–water partition coefficient (Wildman–Crippen LogP) is 0.665. The SMILES string of the molecule is Cc1nc([C@H]2CCCN(CC(=O)Nc3ccn(C)n3)C2)n[nH]1. The first-order chi connectivity index (χ1) is 10.6. The molecule has 2 N–H and O–H groups in total. The Labute approximate surface area is 128 Å². The largest absolute Gasteiger partial charge is 0.308 e. The molecule has 0 radical (unpaired) electrons. The predicted molar refractivity (Wildman–Crippen MR) is 81.4 cm³/mol. The highest BCUT2D eigenvalue weighted by atomic mass is 16.2. The molecule has 22 heavy (non-hydrogen) atoms. The Hall–Kier alpha value is -2.22. The smallest absolute Gasteiger partial charge is 0.239 e. The average molecular weight is 303 g/mol. The molecule has 3 rings (SSSR count). The highest BCUT2D eigenvalue weighted by Crippen LogP contribution is 2.24. The number of nitrogens with one attached hydrogen (secondary N) is 2. The molecule has 2 aromatic rings. The van der Waals surface area contributed by atoms with Crippen LogP contribution in [0.15, 0.2) is 12.3 Å². The van der Waals surface area contributed by atoms with Gasteiger partial charge in [0.15, 0.2) is 11.6 Å². The molecule has 0 aromatic carbocycles. The summed E-state index contributed by atoms with van der Waals surface area (Å²) in [5.74, 6) is 2.53. The number of amides is 1. The van der Waals surface area contributed by atoms with Crippen LogP contribution in [0.25, 0.3) is 0 Å². The minimum Gasteiger partial charge on any atom is -0.308 e. The Morgan fingerprint density at radius 3 is 3.09 bits per heavy atom. The van der Waals surface area contributed by atoms with E-state index >= 15 is 0 Å². The zero-order valence-corrected chi connectivity index (χ0v) is 12.9. The van der Waals surface area contributed by atoms with Crippen LogP contribution in [0.5, 0.6) is 0 Å². The van der Waals surface area contributed by atoms with E-state index < -0.39 is 0 Å². The van der Waals surface area contributed by atoms with Gasteiger partial charge in [0.05, 0.1) is 6.54 Å². The van der Waals surface area contributed by atoms with Crippen LogP contribution in [0.2, 0.25) is 0 Å². The molecule has 1 amide bonds. The van der Waals surface area contributed by atoms with E-state index in [9.17, 15) is 4.79 Å². The number of carbonyl (C=O) groups excluding carboxylic acids is 1. The van der Waals surface area contributed by atoms with E-state index in [2.05, 4.69) is 30.5 Å². The van der Waals surface area contributed by atoms with Crippen LogP contribution >= 0.6 is 0 Å². The molecule has 8 heteroatoms. The lowest BCUT2D eigenvalue weighted by Gasteiger charge is -2.30. The van der Waals surface area contributed by atoms with Crippen LogP contribution in [0.1, 0.15) is 30.4 Å². The number of aryl methyl sites for hydroxylation is 2. The topological polar surface area (TPSA) is 91.7 Å². The fraction of sp³-hybridized carbons (Fsp3) is 0.571. The van der Waals surface area contributed by atoms with Crippen molar-refractivity contribution in [3.8, 4) is 0 Å². The molecule has 0 spiro atoms. The molecule has 0 unspecified atom stereocenters. The molecule has 0 bridgehead atoms. The van der Waals surface area contributed by atoms with Crippen molar-refractivity contribution < 1.29 is 4.79 Å². The van der Waals surface area contributed by atoms with Gasteiger partial charge in [-0.2, -0.15) is 10.2 Å². The van der Waals surface area contributed by atoms with Gasteiger partial charge in [-0.15, -0.1) is 0 Å². The third-order valence-corrected chi connectivity index (χ3v) is 3.83. The van der Waals surface area contributed by atoms with Crippen molar-refractivity contribution in [3.05, 3.63) is 23.9 Å². The number of aromatic nitrogens is 5. The molecule has 3 heterocycles. The molecule has 2 aromatic heterocycles. The fourth-order valence-electron chi connectivity index (χ4n) is 2.82. The van der Waals surface area contributed by atoms with Gasteiger partial charge >= 0.3 is 0 Å². The van der Waals surface area contributed by atoms with Crippen molar-refractivity contribution in [2.45, 2.75) is 25.7 Å². The summed E-state index contributed by atoms with van der Waals surface area (Å²) >= 11 is 0. The summed E-state index contributed by atoms with van der Waals surface area (Å²) in [6, 6.07) is 1.79. The number of piperidine rings is 1. The highest BCUT2D eigenvalue weighted by molar-refractivity contribution is 5.91. The molecule has 1 aliphatic rings. The van der Waals surface area contributed by atoms with E-state index in [0.29, 0.717) is 18.3 Å². The lowest BCUT2D eigenvalue weighted by Crippen LogP contribution is -2.40. The maximum Gasteiger partial charge on any atom is 0.239 e. The van der Waals surface area contributed by atoms with Gasteiger partial charge in [0, 0.05) is 31.8 Å². The molecule has 1 aliphatic heterocycles. The molecule has 0 aliphatic carbocycles. The average Bonchev–Trinajstić information content (AvgIpc) is 3.08. The maximum absolute atomic E-state index is 12.1. The summed E-state index contributed by atoms with van der Waals surface area (Å²) < 4.78 is 1.66. The minimum atomic E-state index is -0.0366. The molecule has 118 valence electrons. The van der Waals surface area contributed by atoms with Crippen molar-refractivity contribution in [1.29, 1.82) is 0 Å². The summed E-state index contributed by atoms with van der Waals surface area (Å²) in [5.41, 5.74) is 0. The van der Waals surface area contributed by atoms with E-state index in [1.807, 2.05) is 14.0 Å². The summed E-state index contributed by atoms with van der Waals surface area (Å²) in [6.45, 7) is 4.01. The summed E-state index contributed by atoms with van der Waals surface area (Å²) in [5, 5.41) is 14.1. The van der Waals surface area contributed by atoms with Crippen molar-refractivity contribution in [2.24, 2.45) is 7.05 Å². The Morgan fingerprint density at radius 1 is 1.55 bits per heavy atom. The number of aromatic amines is 1. The normalized spacial score (nSPS) is 19.3. The molecule has 1 fully saturated rings. The van der Waals surface area contributed by atoms with E-state index in [-0.39, 0.29) is 5.91 Å². The van der Waals surface area contributed by atoms with Gasteiger partial charge in [-0.3, -0.25) is 19.5 Å². The van der Waals surface area contributed by atoms with Gasteiger partial charge in [-0.1, -0.05) is 0 Å². The lowest BCUT2D eigenvalue weighted by atomic mass is 9.97. The first kappa shape index (κ1) is 14.7. The fourth-order valence-corrected chi connectivity index (χ4v) is 2.82. The van der Waals surface area contributed by atoms with Crippen molar-refractivity contribution >= 4 is 11.7 Å². The minimum absolute atomic E-state index is 0.0366. The first-order valence-electron chi connectivity index (χ1n) is 7.51. The third-order valence-electron chi connectivity index (χ3n) is 3.83. The second kappa shape index (κ2) is 6.27. The molecule has 8 nitrogen and oxygen atoms in total. The van der Waals surface area contributed by atoms with Crippen LogP contribution in [-0.2, 0) is 11.8 Å². The Kier molecular flexibility index (Phi) is 4.19. The zero-order chi connectivity index (χ0) is 15.5. The van der Waals surface area contributed by atoms with Crippen LogP contribution in [-0.4, -0.2) is 55.4 Å². The first-order valence-corrected chi connectivity index (χ1v) is 7.51. The molecule has 1 saturated heterocycles. The number of carbonyl (C=O) groups is 1. The third kappa shape index (κ3) is 3.51. The molecular formula is C14H21N7O. The Balaban J connectivity index is 1.54. The summed E-state index contributed by atoms with van der Waals surface area (Å²) in [7, 11) is 1.82. The van der Waals surface area contributed by atoms with E-state index in [4.69, 9.17) is 0 Å². The Morgan fingerprint density at radius 2 is 2.41 bits per heavy atom. The van der Waals surface area contributed by atoms with Gasteiger partial charge in [0.1, 0.15) is 5.82 Å². The van der Waals surface area contributed by atoms with Gasteiger partial charge in [0.25, 0.3) is 0 Å². The van der Waals surface area contributed by atoms with Gasteiger partial charge in [-0.25, -0.2) is 4.98 Å². The molecule has 1 atom stereocenters. The van der Waals surface area contributed by atoms with Crippen LogP contribution in [0.3, 0.4) is 0 Å². The number of nitrogens with zero attached hydrogens (tertiary/aromatic N) is 5. The van der Waals surface area contributed by atoms with E-state index in [1.54, 1.807) is 16.9 Å². The number of hydrogen-bond donors (Lipinski definition) is 2. The lowest BCUT2D eigenvalue weighted by molar-refractivity contribution is -0.117. The number of H-pyrrole nitrogens is 1. The number of anilines is 1. The maximum atomic E-state index is 12.1. The van der Waals surface area contributed by atoms with Crippen LogP contribution < -0.4 is 5.32 Å². The van der Waals surface area contributed by atoms with E-state index in [1.165, 1.54) is 0 Å². The number of likely N-dealkylation sites (tertiary alicyclic amines) is 1. The molecular weight excluding hydrogens is 282 g/mol.